The quantitative estimate of drug-likeness (QED) is 0.870. The predicted molar refractivity (Wildman–Crippen MR) is 79.7 cm³/mol. The van der Waals surface area contributed by atoms with Gasteiger partial charge >= 0.3 is 0 Å². The SMILES string of the molecule is CNC1(C(N)=O)CCCC1CCn1nc(C)c(Cl)c1C. The third kappa shape index (κ3) is 2.44. The van der Waals surface area contributed by atoms with Crippen LogP contribution < -0.4 is 11.1 Å². The highest BCUT2D eigenvalue weighted by molar-refractivity contribution is 6.31. The average Bonchev–Trinajstić information content (AvgIpc) is 2.94. The van der Waals surface area contributed by atoms with Crippen molar-refractivity contribution in [2.45, 2.75) is 51.6 Å². The summed E-state index contributed by atoms with van der Waals surface area (Å²) in [6, 6.07) is 0. The number of hydrogen-bond donors (Lipinski definition) is 2. The van der Waals surface area contributed by atoms with Crippen molar-refractivity contribution in [3.63, 3.8) is 0 Å². The normalized spacial score (nSPS) is 26.1. The van der Waals surface area contributed by atoms with Crippen LogP contribution >= 0.6 is 11.6 Å². The summed E-state index contributed by atoms with van der Waals surface area (Å²) in [6.45, 7) is 4.64. The fraction of sp³-hybridized carbons (Fsp3) is 0.714. The molecule has 0 aliphatic heterocycles. The van der Waals surface area contributed by atoms with Crippen LogP contribution in [-0.2, 0) is 11.3 Å². The first-order valence-corrected chi connectivity index (χ1v) is 7.48. The van der Waals surface area contributed by atoms with E-state index in [0.29, 0.717) is 0 Å². The zero-order chi connectivity index (χ0) is 14.9. The Morgan fingerprint density at radius 3 is 2.80 bits per heavy atom. The largest absolute Gasteiger partial charge is 0.368 e. The minimum atomic E-state index is -0.556. The molecule has 1 fully saturated rings. The molecule has 2 atom stereocenters. The Kier molecular flexibility index (Phi) is 4.39. The number of amides is 1. The molecule has 5 nitrogen and oxygen atoms in total. The predicted octanol–water partition coefficient (Wildman–Crippen LogP) is 1.79. The van der Waals surface area contributed by atoms with E-state index in [2.05, 4.69) is 10.4 Å². The van der Waals surface area contributed by atoms with E-state index in [9.17, 15) is 4.79 Å². The second-order valence-electron chi connectivity index (χ2n) is 5.67. The number of primary amides is 1. The van der Waals surface area contributed by atoms with Gasteiger partial charge in [-0.1, -0.05) is 18.0 Å². The first kappa shape index (κ1) is 15.3. The lowest BCUT2D eigenvalue weighted by atomic mass is 9.84. The van der Waals surface area contributed by atoms with Crippen LogP contribution in [0.1, 0.15) is 37.1 Å². The molecule has 1 aliphatic rings. The monoisotopic (exact) mass is 298 g/mol. The molecule has 2 rings (SSSR count). The van der Waals surface area contributed by atoms with E-state index in [1.807, 2.05) is 25.6 Å². The van der Waals surface area contributed by atoms with Gasteiger partial charge in [0.15, 0.2) is 0 Å². The van der Waals surface area contributed by atoms with Gasteiger partial charge in [0.2, 0.25) is 5.91 Å². The van der Waals surface area contributed by atoms with Crippen molar-refractivity contribution >= 4 is 17.5 Å². The summed E-state index contributed by atoms with van der Waals surface area (Å²) >= 11 is 6.16. The highest BCUT2D eigenvalue weighted by Crippen LogP contribution is 2.38. The van der Waals surface area contributed by atoms with E-state index >= 15 is 0 Å². The van der Waals surface area contributed by atoms with Crippen molar-refractivity contribution in [2.75, 3.05) is 7.05 Å². The summed E-state index contributed by atoms with van der Waals surface area (Å²) in [6.07, 6.45) is 3.76. The maximum Gasteiger partial charge on any atom is 0.238 e. The molecule has 0 bridgehead atoms. The van der Waals surface area contributed by atoms with Crippen molar-refractivity contribution in [2.24, 2.45) is 11.7 Å². The highest BCUT2D eigenvalue weighted by atomic mass is 35.5. The standard InChI is InChI=1S/C14H23ClN4O/c1-9-12(15)10(2)19(18-9)8-6-11-5-4-7-14(11,17-3)13(16)20/h11,17H,4-8H2,1-3H3,(H2,16,20). The number of aryl methyl sites for hydroxylation is 2. The van der Waals surface area contributed by atoms with Gasteiger partial charge in [-0.25, -0.2) is 0 Å². The van der Waals surface area contributed by atoms with Gasteiger partial charge in [0.1, 0.15) is 5.54 Å². The van der Waals surface area contributed by atoms with Crippen LogP contribution in [0.3, 0.4) is 0 Å². The lowest BCUT2D eigenvalue weighted by Crippen LogP contribution is -2.56. The van der Waals surface area contributed by atoms with Crippen LogP contribution in [0.15, 0.2) is 0 Å². The average molecular weight is 299 g/mol. The van der Waals surface area contributed by atoms with Crippen molar-refractivity contribution in [3.05, 3.63) is 16.4 Å². The maximum absolute atomic E-state index is 11.8. The van der Waals surface area contributed by atoms with Crippen LogP contribution in [0.25, 0.3) is 0 Å². The fourth-order valence-corrected chi connectivity index (χ4v) is 3.55. The van der Waals surface area contributed by atoms with Crippen molar-refractivity contribution in [3.8, 4) is 0 Å². The Hall–Kier alpha value is -1.07. The second kappa shape index (κ2) is 5.74. The third-order valence-electron chi connectivity index (χ3n) is 4.69. The summed E-state index contributed by atoms with van der Waals surface area (Å²) in [7, 11) is 1.82. The zero-order valence-corrected chi connectivity index (χ0v) is 13.1. The lowest BCUT2D eigenvalue weighted by Gasteiger charge is -2.32. The van der Waals surface area contributed by atoms with Gasteiger partial charge in [0, 0.05) is 6.54 Å². The summed E-state index contributed by atoms with van der Waals surface area (Å²) in [5.41, 5.74) is 6.89. The number of likely N-dealkylation sites (N-methyl/N-ethyl adjacent to an activating group) is 1. The summed E-state index contributed by atoms with van der Waals surface area (Å²) in [5, 5.41) is 8.33. The van der Waals surface area contributed by atoms with Crippen molar-refractivity contribution in [1.82, 2.24) is 15.1 Å². The molecule has 0 spiro atoms. The molecule has 112 valence electrons. The van der Waals surface area contributed by atoms with Gasteiger partial charge in [-0.3, -0.25) is 9.48 Å². The number of hydrogen-bond acceptors (Lipinski definition) is 3. The third-order valence-corrected chi connectivity index (χ3v) is 5.24. The number of rotatable bonds is 5. The molecule has 2 unspecified atom stereocenters. The lowest BCUT2D eigenvalue weighted by molar-refractivity contribution is -0.125. The number of carbonyl (C=O) groups is 1. The molecule has 0 saturated heterocycles. The molecule has 6 heteroatoms. The first-order chi connectivity index (χ1) is 9.42. The Balaban J connectivity index is 2.10. The van der Waals surface area contributed by atoms with Gasteiger partial charge in [-0.05, 0) is 46.1 Å². The Morgan fingerprint density at radius 1 is 1.60 bits per heavy atom. The van der Waals surface area contributed by atoms with Gasteiger partial charge in [-0.15, -0.1) is 0 Å². The van der Waals surface area contributed by atoms with Crippen LogP contribution in [0, 0.1) is 19.8 Å². The molecular weight excluding hydrogens is 276 g/mol. The minimum absolute atomic E-state index is 0.242. The Labute approximate surface area is 124 Å². The second-order valence-corrected chi connectivity index (χ2v) is 6.05. The molecule has 1 amide bonds. The van der Waals surface area contributed by atoms with E-state index in [1.165, 1.54) is 0 Å². The summed E-state index contributed by atoms with van der Waals surface area (Å²) < 4.78 is 1.93. The maximum atomic E-state index is 11.8. The van der Waals surface area contributed by atoms with Crippen molar-refractivity contribution < 1.29 is 4.79 Å². The van der Waals surface area contributed by atoms with Crippen LogP contribution in [0.4, 0.5) is 0 Å². The molecular formula is C14H23ClN4O. The summed E-state index contributed by atoms with van der Waals surface area (Å²) in [5.74, 6) is 0.0154. The van der Waals surface area contributed by atoms with Crippen LogP contribution in [0.5, 0.6) is 0 Å². The van der Waals surface area contributed by atoms with E-state index in [-0.39, 0.29) is 11.8 Å². The van der Waals surface area contributed by atoms with E-state index in [0.717, 1.165) is 48.6 Å². The Morgan fingerprint density at radius 2 is 2.30 bits per heavy atom. The molecule has 20 heavy (non-hydrogen) atoms. The number of nitrogens with one attached hydrogen (secondary N) is 1. The fourth-order valence-electron chi connectivity index (χ4n) is 3.42. The molecule has 1 aromatic heterocycles. The molecule has 1 saturated carbocycles. The molecule has 1 aromatic rings. The van der Waals surface area contributed by atoms with Crippen LogP contribution in [-0.4, -0.2) is 28.3 Å². The Bertz CT molecular complexity index is 514. The smallest absolute Gasteiger partial charge is 0.238 e. The molecule has 3 N–H and O–H groups in total. The minimum Gasteiger partial charge on any atom is -0.368 e. The molecule has 0 aromatic carbocycles. The molecule has 0 radical (unpaired) electrons. The van der Waals surface area contributed by atoms with Crippen molar-refractivity contribution in [1.29, 1.82) is 0 Å². The topological polar surface area (TPSA) is 72.9 Å². The van der Waals surface area contributed by atoms with Gasteiger partial charge < -0.3 is 11.1 Å². The van der Waals surface area contributed by atoms with E-state index in [4.69, 9.17) is 17.3 Å². The number of aromatic nitrogens is 2. The first-order valence-electron chi connectivity index (χ1n) is 7.10. The van der Waals surface area contributed by atoms with Crippen LogP contribution in [0.2, 0.25) is 5.02 Å². The number of carbonyl (C=O) groups excluding carboxylic acids is 1. The number of nitrogens with zero attached hydrogens (tertiary/aromatic N) is 2. The van der Waals surface area contributed by atoms with Gasteiger partial charge in [-0.2, -0.15) is 5.10 Å². The van der Waals surface area contributed by atoms with Gasteiger partial charge in [0.25, 0.3) is 0 Å². The zero-order valence-electron chi connectivity index (χ0n) is 12.4. The number of halogens is 1. The van der Waals surface area contributed by atoms with Gasteiger partial charge in [0.05, 0.1) is 16.4 Å². The highest BCUT2D eigenvalue weighted by Gasteiger charge is 2.46. The summed E-state index contributed by atoms with van der Waals surface area (Å²) in [4.78, 5) is 11.8. The number of nitrogens with two attached hydrogens (primary N) is 1. The van der Waals surface area contributed by atoms with E-state index < -0.39 is 5.54 Å². The molecule has 1 aliphatic carbocycles. The van der Waals surface area contributed by atoms with E-state index in [1.54, 1.807) is 0 Å². The molecule has 1 heterocycles.